The first-order valence-corrected chi connectivity index (χ1v) is 26.8. The van der Waals surface area contributed by atoms with Crippen LogP contribution in [0.1, 0.15) is 245 Å². The van der Waals surface area contributed by atoms with Gasteiger partial charge in [0.15, 0.2) is 0 Å². The molecular weight excluding hydrogens is 791 g/mol. The molecule has 6 nitrogen and oxygen atoms in total. The molecule has 1 amide bonds. The van der Waals surface area contributed by atoms with Crippen LogP contribution in [0.5, 0.6) is 0 Å². The molecule has 64 heavy (non-hydrogen) atoms. The highest BCUT2D eigenvalue weighted by Gasteiger charge is 2.23. The first-order chi connectivity index (χ1) is 31.5. The number of amides is 1. The summed E-state index contributed by atoms with van der Waals surface area (Å²) in [5.41, 5.74) is 0. The Morgan fingerprint density at radius 2 is 0.891 bits per heavy atom. The number of aliphatic hydroxyl groups is 2. The molecule has 3 atom stereocenters. The van der Waals surface area contributed by atoms with Crippen molar-refractivity contribution in [3.63, 3.8) is 0 Å². The molecule has 0 aliphatic rings. The van der Waals surface area contributed by atoms with Gasteiger partial charge in [0.2, 0.25) is 5.91 Å². The lowest BCUT2D eigenvalue weighted by atomic mass is 10.0. The van der Waals surface area contributed by atoms with Gasteiger partial charge in [-0.15, -0.1) is 0 Å². The number of hydrogen-bond donors (Lipinski definition) is 3. The number of aliphatic hydroxyl groups excluding tert-OH is 2. The fraction of sp³-hybridized carbons (Fsp3) is 0.724. The van der Waals surface area contributed by atoms with Gasteiger partial charge in [0.1, 0.15) is 6.10 Å². The van der Waals surface area contributed by atoms with Crippen LogP contribution in [0.15, 0.2) is 85.1 Å². The molecular formula is C58H101NO5. The van der Waals surface area contributed by atoms with Gasteiger partial charge in [-0.3, -0.25) is 9.59 Å². The Kier molecular flexibility index (Phi) is 48.7. The molecule has 3 unspecified atom stereocenters. The van der Waals surface area contributed by atoms with E-state index in [4.69, 9.17) is 4.74 Å². The third-order valence-electron chi connectivity index (χ3n) is 11.8. The van der Waals surface area contributed by atoms with Crippen molar-refractivity contribution in [1.29, 1.82) is 0 Å². The molecule has 0 fully saturated rings. The van der Waals surface area contributed by atoms with Gasteiger partial charge in [-0.25, -0.2) is 0 Å². The summed E-state index contributed by atoms with van der Waals surface area (Å²) in [7, 11) is 0. The molecule has 0 aromatic heterocycles. The quantitative estimate of drug-likeness (QED) is 0.0245. The molecule has 0 aromatic rings. The summed E-state index contributed by atoms with van der Waals surface area (Å²) < 4.78 is 5.87. The number of hydrogen-bond acceptors (Lipinski definition) is 5. The Labute approximate surface area is 395 Å². The second-order valence-corrected chi connectivity index (χ2v) is 18.0. The van der Waals surface area contributed by atoms with E-state index in [0.29, 0.717) is 19.3 Å². The van der Waals surface area contributed by atoms with Crippen molar-refractivity contribution >= 4 is 11.9 Å². The lowest BCUT2D eigenvalue weighted by Crippen LogP contribution is -2.46. The minimum Gasteiger partial charge on any atom is -0.461 e. The fourth-order valence-electron chi connectivity index (χ4n) is 7.65. The number of unbranched alkanes of at least 4 members (excludes halogenated alkanes) is 24. The molecule has 0 bridgehead atoms. The molecule has 6 heteroatoms. The van der Waals surface area contributed by atoms with E-state index in [1.807, 2.05) is 12.2 Å². The van der Waals surface area contributed by atoms with Crippen LogP contribution in [0.2, 0.25) is 0 Å². The number of ether oxygens (including phenoxy) is 1. The normalized spacial score (nSPS) is 13.9. The predicted molar refractivity (Wildman–Crippen MR) is 278 cm³/mol. The molecule has 368 valence electrons. The first kappa shape index (κ1) is 61.0. The summed E-state index contributed by atoms with van der Waals surface area (Å²) in [5, 5.41) is 23.7. The van der Waals surface area contributed by atoms with E-state index in [1.54, 1.807) is 0 Å². The van der Waals surface area contributed by atoms with Crippen molar-refractivity contribution in [2.45, 2.75) is 264 Å². The first-order valence-electron chi connectivity index (χ1n) is 26.8. The average Bonchev–Trinajstić information content (AvgIpc) is 3.29. The average molecular weight is 892 g/mol. The predicted octanol–water partition coefficient (Wildman–Crippen LogP) is 16.3. The minimum absolute atomic E-state index is 0.0102. The maximum atomic E-state index is 13.2. The van der Waals surface area contributed by atoms with E-state index in [2.05, 4.69) is 99.0 Å². The van der Waals surface area contributed by atoms with E-state index >= 15 is 0 Å². The van der Waals surface area contributed by atoms with Gasteiger partial charge in [-0.2, -0.15) is 0 Å². The summed E-state index contributed by atoms with van der Waals surface area (Å²) in [4.78, 5) is 26.1. The Morgan fingerprint density at radius 1 is 0.484 bits per heavy atom. The van der Waals surface area contributed by atoms with E-state index in [0.717, 1.165) is 83.5 Å². The van der Waals surface area contributed by atoms with Crippen molar-refractivity contribution in [2.24, 2.45) is 0 Å². The zero-order valence-electron chi connectivity index (χ0n) is 41.9. The highest BCUT2D eigenvalue weighted by molar-refractivity contribution is 5.77. The Bertz CT molecular complexity index is 1230. The molecule has 0 saturated heterocycles. The second kappa shape index (κ2) is 51.0. The summed E-state index contributed by atoms with van der Waals surface area (Å²) in [6.07, 6.45) is 66.5. The topological polar surface area (TPSA) is 95.9 Å². The van der Waals surface area contributed by atoms with E-state index < -0.39 is 18.2 Å². The minimum atomic E-state index is -0.818. The van der Waals surface area contributed by atoms with E-state index in [1.165, 1.54) is 116 Å². The largest absolute Gasteiger partial charge is 0.461 e. The lowest BCUT2D eigenvalue weighted by Gasteiger charge is -2.24. The van der Waals surface area contributed by atoms with E-state index in [9.17, 15) is 19.8 Å². The third-order valence-corrected chi connectivity index (χ3v) is 11.8. The van der Waals surface area contributed by atoms with Crippen LogP contribution in [-0.4, -0.2) is 46.9 Å². The van der Waals surface area contributed by atoms with Crippen LogP contribution in [0, 0.1) is 0 Å². The molecule has 0 saturated carbocycles. The molecule has 0 rings (SSSR count). The zero-order valence-corrected chi connectivity index (χ0v) is 41.9. The molecule has 0 radical (unpaired) electrons. The smallest absolute Gasteiger partial charge is 0.306 e. The number of carbonyl (C=O) groups is 2. The van der Waals surface area contributed by atoms with Gasteiger partial charge in [0.25, 0.3) is 0 Å². The van der Waals surface area contributed by atoms with Gasteiger partial charge in [0, 0.05) is 12.8 Å². The Balaban J connectivity index is 4.75. The van der Waals surface area contributed by atoms with Crippen LogP contribution in [0.3, 0.4) is 0 Å². The summed E-state index contributed by atoms with van der Waals surface area (Å²) in [5.74, 6) is -0.602. The maximum absolute atomic E-state index is 13.2. The number of allylic oxidation sites excluding steroid dienone is 13. The fourth-order valence-corrected chi connectivity index (χ4v) is 7.65. The van der Waals surface area contributed by atoms with Gasteiger partial charge in [0.05, 0.1) is 25.2 Å². The van der Waals surface area contributed by atoms with Crippen LogP contribution in [0.25, 0.3) is 0 Å². The van der Waals surface area contributed by atoms with Crippen molar-refractivity contribution in [1.82, 2.24) is 5.32 Å². The molecule has 0 heterocycles. The summed E-state index contributed by atoms with van der Waals surface area (Å²) in [6.45, 7) is 6.40. The highest BCUT2D eigenvalue weighted by Crippen LogP contribution is 2.16. The highest BCUT2D eigenvalue weighted by atomic mass is 16.5. The molecule has 0 aromatic carbocycles. The van der Waals surface area contributed by atoms with Crippen LogP contribution in [0.4, 0.5) is 0 Å². The SMILES string of the molecule is CCCCC/C=C\C/C=C\C/C=C\C/C=C\CC(CC(=O)NC(CO)C(O)CCCCCCCCCCCCCC)OC(=O)CCCCCCC/C=C/C=C/C=C/CCCCCCC. The second-order valence-electron chi connectivity index (χ2n) is 18.0. The number of esters is 1. The monoisotopic (exact) mass is 892 g/mol. The van der Waals surface area contributed by atoms with Gasteiger partial charge in [-0.1, -0.05) is 241 Å². The van der Waals surface area contributed by atoms with Gasteiger partial charge in [-0.05, 0) is 70.6 Å². The summed E-state index contributed by atoms with van der Waals surface area (Å²) in [6, 6.07) is -0.739. The Hall–Kier alpha value is -2.96. The third kappa shape index (κ3) is 45.6. The van der Waals surface area contributed by atoms with Gasteiger partial charge >= 0.3 is 5.97 Å². The zero-order chi connectivity index (χ0) is 46.7. The van der Waals surface area contributed by atoms with Crippen molar-refractivity contribution in [2.75, 3.05) is 6.61 Å². The van der Waals surface area contributed by atoms with E-state index in [-0.39, 0.29) is 24.9 Å². The Morgan fingerprint density at radius 3 is 1.41 bits per heavy atom. The molecule has 0 aliphatic heterocycles. The lowest BCUT2D eigenvalue weighted by molar-refractivity contribution is -0.150. The maximum Gasteiger partial charge on any atom is 0.306 e. The van der Waals surface area contributed by atoms with Crippen LogP contribution >= 0.6 is 0 Å². The number of carbonyl (C=O) groups excluding carboxylic acids is 2. The van der Waals surface area contributed by atoms with Crippen molar-refractivity contribution < 1.29 is 24.5 Å². The van der Waals surface area contributed by atoms with Crippen LogP contribution in [-0.2, 0) is 14.3 Å². The molecule has 0 aliphatic carbocycles. The number of nitrogens with one attached hydrogen (secondary N) is 1. The van der Waals surface area contributed by atoms with Crippen LogP contribution < -0.4 is 5.32 Å². The van der Waals surface area contributed by atoms with Crippen molar-refractivity contribution in [3.8, 4) is 0 Å². The van der Waals surface area contributed by atoms with Gasteiger partial charge < -0.3 is 20.3 Å². The summed E-state index contributed by atoms with van der Waals surface area (Å²) >= 11 is 0. The molecule has 3 N–H and O–H groups in total. The standard InChI is InChI=1S/C58H101NO5/c1-4-7-10-13-16-19-22-25-27-28-29-31-33-36-39-42-45-48-51-58(63)64-54(49-46-43-40-37-34-32-30-26-23-20-17-14-11-8-5-2)52-57(62)59-55(53-60)56(61)50-47-44-41-38-35-24-21-18-15-12-9-6-3/h17,20,22,25-31,34,37,43,46,54-56,60-61H,4-16,18-19,21,23-24,32-33,35-36,38-42,44-45,47-53H2,1-3H3,(H,59,62)/b20-17-,25-22+,28-27+,30-26-,31-29+,37-34-,46-43-. The number of rotatable bonds is 47. The van der Waals surface area contributed by atoms with Crippen molar-refractivity contribution in [3.05, 3.63) is 85.1 Å². The molecule has 0 spiro atoms.